The lowest BCUT2D eigenvalue weighted by molar-refractivity contribution is 0.304. The highest BCUT2D eigenvalue weighted by Gasteiger charge is 2.03. The summed E-state index contributed by atoms with van der Waals surface area (Å²) in [5.41, 5.74) is 0.684. The smallest absolute Gasteiger partial charge is 0.140 e. The van der Waals surface area contributed by atoms with Crippen LogP contribution in [0.25, 0.3) is 0 Å². The first-order valence-corrected chi connectivity index (χ1v) is 5.29. The van der Waals surface area contributed by atoms with E-state index >= 15 is 0 Å². The zero-order valence-corrected chi connectivity index (χ0v) is 9.43. The maximum Gasteiger partial charge on any atom is 0.140 e. The van der Waals surface area contributed by atoms with Crippen molar-refractivity contribution < 1.29 is 14.2 Å². The molecule has 1 N–H and O–H groups in total. The van der Waals surface area contributed by atoms with Crippen LogP contribution in [0.1, 0.15) is 11.1 Å². The van der Waals surface area contributed by atoms with Gasteiger partial charge in [-0.2, -0.15) is 5.26 Å². The maximum atomic E-state index is 13.1. The van der Waals surface area contributed by atoms with Crippen molar-refractivity contribution in [3.05, 3.63) is 59.4 Å². The predicted octanol–water partition coefficient (Wildman–Crippen LogP) is 2.98. The summed E-state index contributed by atoms with van der Waals surface area (Å²) in [6, 6.07) is 12.4. The molecule has 0 radical (unpaired) electrons. The van der Waals surface area contributed by atoms with Gasteiger partial charge in [0.2, 0.25) is 0 Å². The van der Waals surface area contributed by atoms with E-state index in [0.29, 0.717) is 11.3 Å². The van der Waals surface area contributed by atoms with Crippen LogP contribution in [0.3, 0.4) is 0 Å². The van der Waals surface area contributed by atoms with Crippen molar-refractivity contribution in [3.63, 3.8) is 0 Å². The predicted molar refractivity (Wildman–Crippen MR) is 63.6 cm³/mol. The van der Waals surface area contributed by atoms with Gasteiger partial charge in [-0.05, 0) is 29.8 Å². The Balaban J connectivity index is 2.09. The summed E-state index contributed by atoms with van der Waals surface area (Å²) >= 11 is 0. The van der Waals surface area contributed by atoms with Gasteiger partial charge in [-0.1, -0.05) is 12.1 Å². The quantitative estimate of drug-likeness (QED) is 0.901. The number of hydrogen-bond donors (Lipinski definition) is 1. The molecule has 0 aliphatic rings. The SMILES string of the molecule is N#Cc1cc(COc2cccc(O)c2)ccc1F. The molecule has 0 heterocycles. The highest BCUT2D eigenvalue weighted by molar-refractivity contribution is 5.35. The van der Waals surface area contributed by atoms with Gasteiger partial charge in [-0.15, -0.1) is 0 Å². The molecule has 0 aliphatic carbocycles. The molecule has 90 valence electrons. The molecule has 18 heavy (non-hydrogen) atoms. The average molecular weight is 243 g/mol. The fraction of sp³-hybridized carbons (Fsp3) is 0.0714. The summed E-state index contributed by atoms with van der Waals surface area (Å²) in [7, 11) is 0. The van der Waals surface area contributed by atoms with Crippen molar-refractivity contribution in [3.8, 4) is 17.6 Å². The molecule has 0 saturated carbocycles. The minimum absolute atomic E-state index is 0.00740. The third-order valence-electron chi connectivity index (χ3n) is 2.37. The Morgan fingerprint density at radius 2 is 2.06 bits per heavy atom. The van der Waals surface area contributed by atoms with Crippen LogP contribution >= 0.6 is 0 Å². The standard InChI is InChI=1S/C14H10FNO2/c15-14-5-4-10(6-11(14)8-16)9-18-13-3-1-2-12(17)7-13/h1-7,17H,9H2. The van der Waals surface area contributed by atoms with Crippen molar-refractivity contribution in [2.24, 2.45) is 0 Å². The van der Waals surface area contributed by atoms with Crippen LogP contribution < -0.4 is 4.74 Å². The largest absolute Gasteiger partial charge is 0.508 e. The molecular formula is C14H10FNO2. The minimum atomic E-state index is -0.543. The monoisotopic (exact) mass is 243 g/mol. The summed E-state index contributed by atoms with van der Waals surface area (Å²) in [4.78, 5) is 0. The minimum Gasteiger partial charge on any atom is -0.508 e. The van der Waals surface area contributed by atoms with Crippen LogP contribution in [0, 0.1) is 17.1 Å². The number of rotatable bonds is 3. The first kappa shape index (κ1) is 11.9. The number of phenolic OH excluding ortho intramolecular Hbond substituents is 1. The van der Waals surface area contributed by atoms with Crippen LogP contribution in [0.4, 0.5) is 4.39 Å². The number of halogens is 1. The van der Waals surface area contributed by atoms with Crippen LogP contribution in [0.2, 0.25) is 0 Å². The second-order valence-electron chi connectivity index (χ2n) is 3.71. The lowest BCUT2D eigenvalue weighted by Crippen LogP contribution is -1.96. The third kappa shape index (κ3) is 2.77. The number of benzene rings is 2. The van der Waals surface area contributed by atoms with E-state index in [-0.39, 0.29) is 17.9 Å². The Morgan fingerprint density at radius 1 is 1.22 bits per heavy atom. The molecule has 2 aromatic carbocycles. The Hall–Kier alpha value is -2.54. The topological polar surface area (TPSA) is 53.2 Å². The van der Waals surface area contributed by atoms with Gasteiger partial charge in [-0.25, -0.2) is 4.39 Å². The number of nitriles is 1. The lowest BCUT2D eigenvalue weighted by atomic mass is 10.1. The zero-order chi connectivity index (χ0) is 13.0. The van der Waals surface area contributed by atoms with E-state index in [1.54, 1.807) is 30.3 Å². The van der Waals surface area contributed by atoms with Crippen LogP contribution in [0.15, 0.2) is 42.5 Å². The summed E-state index contributed by atoms with van der Waals surface area (Å²) in [6.45, 7) is 0.207. The van der Waals surface area contributed by atoms with Gasteiger partial charge in [0.25, 0.3) is 0 Å². The molecule has 0 aromatic heterocycles. The summed E-state index contributed by atoms with van der Waals surface area (Å²) in [6.07, 6.45) is 0. The van der Waals surface area contributed by atoms with Crippen molar-refractivity contribution in [1.29, 1.82) is 5.26 Å². The first-order chi connectivity index (χ1) is 8.69. The number of ether oxygens (including phenoxy) is 1. The number of nitrogens with zero attached hydrogens (tertiary/aromatic N) is 1. The van der Waals surface area contributed by atoms with Crippen LogP contribution in [-0.4, -0.2) is 5.11 Å². The second-order valence-corrected chi connectivity index (χ2v) is 3.71. The molecule has 0 unspecified atom stereocenters. The Bertz CT molecular complexity index is 605. The van der Waals surface area contributed by atoms with Gasteiger partial charge >= 0.3 is 0 Å². The highest BCUT2D eigenvalue weighted by Crippen LogP contribution is 2.19. The molecule has 0 amide bonds. The van der Waals surface area contributed by atoms with Crippen molar-refractivity contribution in [1.82, 2.24) is 0 Å². The van der Waals surface area contributed by atoms with E-state index in [0.717, 1.165) is 0 Å². The third-order valence-corrected chi connectivity index (χ3v) is 2.37. The van der Waals surface area contributed by atoms with Gasteiger partial charge in [-0.3, -0.25) is 0 Å². The van der Waals surface area contributed by atoms with Crippen molar-refractivity contribution in [2.45, 2.75) is 6.61 Å². The second kappa shape index (κ2) is 5.19. The molecule has 0 bridgehead atoms. The van der Waals surface area contributed by atoms with Gasteiger partial charge in [0.05, 0.1) is 5.56 Å². The summed E-state index contributed by atoms with van der Waals surface area (Å²) in [5.74, 6) is 0.0840. The summed E-state index contributed by atoms with van der Waals surface area (Å²) in [5, 5.41) is 18.0. The van der Waals surface area contributed by atoms with E-state index in [2.05, 4.69) is 0 Å². The van der Waals surface area contributed by atoms with Crippen LogP contribution in [-0.2, 0) is 6.61 Å². The Morgan fingerprint density at radius 3 is 2.78 bits per heavy atom. The number of hydrogen-bond acceptors (Lipinski definition) is 3. The molecule has 0 aliphatic heterocycles. The highest BCUT2D eigenvalue weighted by atomic mass is 19.1. The molecule has 2 aromatic rings. The van der Waals surface area contributed by atoms with Crippen molar-refractivity contribution in [2.75, 3.05) is 0 Å². The molecule has 0 atom stereocenters. The summed E-state index contributed by atoms with van der Waals surface area (Å²) < 4.78 is 18.5. The normalized spacial score (nSPS) is 9.78. The fourth-order valence-electron chi connectivity index (χ4n) is 1.49. The van der Waals surface area contributed by atoms with Gasteiger partial charge < -0.3 is 9.84 Å². The maximum absolute atomic E-state index is 13.1. The lowest BCUT2D eigenvalue weighted by Gasteiger charge is -2.07. The fourth-order valence-corrected chi connectivity index (χ4v) is 1.49. The molecule has 0 saturated heterocycles. The van der Waals surface area contributed by atoms with E-state index in [9.17, 15) is 9.50 Å². The molecule has 2 rings (SSSR count). The number of phenols is 1. The Labute approximate surface area is 104 Å². The molecular weight excluding hydrogens is 233 g/mol. The van der Waals surface area contributed by atoms with Crippen molar-refractivity contribution >= 4 is 0 Å². The zero-order valence-electron chi connectivity index (χ0n) is 9.43. The molecule has 0 fully saturated rings. The number of aromatic hydroxyl groups is 1. The van der Waals surface area contributed by atoms with Gasteiger partial charge in [0, 0.05) is 6.07 Å². The Kier molecular flexibility index (Phi) is 3.44. The average Bonchev–Trinajstić information content (AvgIpc) is 2.38. The van der Waals surface area contributed by atoms with Gasteiger partial charge in [0.15, 0.2) is 0 Å². The van der Waals surface area contributed by atoms with Gasteiger partial charge in [0.1, 0.15) is 30.0 Å². The molecule has 0 spiro atoms. The van der Waals surface area contributed by atoms with Crippen LogP contribution in [0.5, 0.6) is 11.5 Å². The van der Waals surface area contributed by atoms with E-state index in [4.69, 9.17) is 10.00 Å². The van der Waals surface area contributed by atoms with E-state index in [1.165, 1.54) is 18.2 Å². The van der Waals surface area contributed by atoms with E-state index in [1.807, 2.05) is 0 Å². The first-order valence-electron chi connectivity index (χ1n) is 5.29. The molecule has 3 nitrogen and oxygen atoms in total. The van der Waals surface area contributed by atoms with E-state index < -0.39 is 5.82 Å². The molecule has 4 heteroatoms.